The van der Waals surface area contributed by atoms with E-state index < -0.39 is 10.0 Å². The van der Waals surface area contributed by atoms with E-state index in [4.69, 9.17) is 0 Å². The molecule has 4 nitrogen and oxygen atoms in total. The van der Waals surface area contributed by atoms with Crippen molar-refractivity contribution in [3.8, 4) is 0 Å². The molecule has 0 aliphatic heterocycles. The average Bonchev–Trinajstić information content (AvgIpc) is 2.87. The van der Waals surface area contributed by atoms with E-state index in [-0.39, 0.29) is 4.90 Å². The quantitative estimate of drug-likeness (QED) is 0.934. The number of aryl methyl sites for hydroxylation is 2. The number of nitrogens with zero attached hydrogens (tertiary/aromatic N) is 1. The van der Waals surface area contributed by atoms with Crippen molar-refractivity contribution in [2.45, 2.75) is 24.2 Å². The third kappa shape index (κ3) is 2.46. The minimum absolute atomic E-state index is 0.176. The van der Waals surface area contributed by atoms with E-state index in [1.165, 1.54) is 23.4 Å². The molecule has 5 heteroatoms. The largest absolute Gasteiger partial charge is 0.280 e. The number of nitrogens with one attached hydrogen (secondary N) is 1. The summed E-state index contributed by atoms with van der Waals surface area (Å²) in [6.45, 7) is 0. The van der Waals surface area contributed by atoms with E-state index in [1.807, 2.05) is 18.2 Å². The van der Waals surface area contributed by atoms with E-state index in [0.717, 1.165) is 19.3 Å². The molecule has 2 aromatic rings. The smallest absolute Gasteiger partial charge is 0.263 e. The van der Waals surface area contributed by atoms with Crippen molar-refractivity contribution in [3.05, 3.63) is 53.9 Å². The van der Waals surface area contributed by atoms with Crippen LogP contribution in [0.2, 0.25) is 0 Å². The molecular weight excluding hydrogens is 260 g/mol. The highest BCUT2D eigenvalue weighted by atomic mass is 32.2. The van der Waals surface area contributed by atoms with Gasteiger partial charge in [-0.15, -0.1) is 0 Å². The Balaban J connectivity index is 1.89. The van der Waals surface area contributed by atoms with Gasteiger partial charge in [-0.25, -0.2) is 8.42 Å². The van der Waals surface area contributed by atoms with Gasteiger partial charge in [0.1, 0.15) is 4.90 Å². The summed E-state index contributed by atoms with van der Waals surface area (Å²) in [6, 6.07) is 8.89. The summed E-state index contributed by atoms with van der Waals surface area (Å²) in [5.41, 5.74) is 3.18. The minimum Gasteiger partial charge on any atom is -0.280 e. The van der Waals surface area contributed by atoms with Gasteiger partial charge in [0.25, 0.3) is 10.0 Å². The van der Waals surface area contributed by atoms with E-state index in [2.05, 4.69) is 9.71 Å². The number of aromatic nitrogens is 1. The summed E-state index contributed by atoms with van der Waals surface area (Å²) in [5.74, 6) is 0. The van der Waals surface area contributed by atoms with E-state index in [9.17, 15) is 8.42 Å². The number of rotatable bonds is 3. The highest BCUT2D eigenvalue weighted by Crippen LogP contribution is 2.26. The fraction of sp³-hybridized carbons (Fsp3) is 0.214. The lowest BCUT2D eigenvalue weighted by Gasteiger charge is -2.09. The molecular formula is C14H14N2O2S. The highest BCUT2D eigenvalue weighted by molar-refractivity contribution is 7.92. The number of pyridine rings is 1. The Hall–Kier alpha value is -1.88. The van der Waals surface area contributed by atoms with Crippen LogP contribution in [0.5, 0.6) is 0 Å². The van der Waals surface area contributed by atoms with Crippen molar-refractivity contribution < 1.29 is 8.42 Å². The van der Waals surface area contributed by atoms with Gasteiger partial charge in [0.2, 0.25) is 0 Å². The predicted octanol–water partition coefficient (Wildman–Crippen LogP) is 2.37. The zero-order chi connectivity index (χ0) is 13.3. The van der Waals surface area contributed by atoms with Gasteiger partial charge >= 0.3 is 0 Å². The zero-order valence-corrected chi connectivity index (χ0v) is 11.2. The van der Waals surface area contributed by atoms with E-state index >= 15 is 0 Å². The monoisotopic (exact) mass is 274 g/mol. The van der Waals surface area contributed by atoms with Crippen LogP contribution in [-0.4, -0.2) is 13.4 Å². The van der Waals surface area contributed by atoms with Crippen LogP contribution in [0.25, 0.3) is 0 Å². The Kier molecular flexibility index (Phi) is 2.98. The van der Waals surface area contributed by atoms with Crippen LogP contribution in [0.4, 0.5) is 5.69 Å². The van der Waals surface area contributed by atoms with Crippen LogP contribution in [-0.2, 0) is 22.9 Å². The molecule has 1 aliphatic carbocycles. The Morgan fingerprint density at radius 1 is 1.11 bits per heavy atom. The zero-order valence-electron chi connectivity index (χ0n) is 10.3. The van der Waals surface area contributed by atoms with Crippen LogP contribution < -0.4 is 4.72 Å². The van der Waals surface area contributed by atoms with Crippen molar-refractivity contribution >= 4 is 15.7 Å². The lowest BCUT2D eigenvalue weighted by molar-refractivity contribution is 0.601. The Labute approximate surface area is 112 Å². The van der Waals surface area contributed by atoms with Gasteiger partial charge in [0.15, 0.2) is 0 Å². The van der Waals surface area contributed by atoms with Crippen LogP contribution in [0.3, 0.4) is 0 Å². The molecule has 1 aromatic heterocycles. The summed E-state index contributed by atoms with van der Waals surface area (Å²) in [7, 11) is -3.54. The van der Waals surface area contributed by atoms with Crippen molar-refractivity contribution in [2.75, 3.05) is 4.72 Å². The predicted molar refractivity (Wildman–Crippen MR) is 73.5 cm³/mol. The number of hydrogen-bond acceptors (Lipinski definition) is 3. The second kappa shape index (κ2) is 4.66. The molecule has 0 unspecified atom stereocenters. The molecule has 0 saturated heterocycles. The number of sulfonamides is 1. The summed E-state index contributed by atoms with van der Waals surface area (Å²) in [5, 5.41) is 0. The maximum Gasteiger partial charge on any atom is 0.263 e. The van der Waals surface area contributed by atoms with Crippen LogP contribution >= 0.6 is 0 Å². The van der Waals surface area contributed by atoms with E-state index in [1.54, 1.807) is 12.3 Å². The first-order chi connectivity index (χ1) is 9.15. The standard InChI is InChI=1S/C14H14N2O2S/c17-19(18,14-5-2-8-15-10-14)16-13-7-6-11-3-1-4-12(11)9-13/h2,5-10,16H,1,3-4H2. The van der Waals surface area contributed by atoms with Gasteiger partial charge in [-0.05, 0) is 54.7 Å². The Morgan fingerprint density at radius 2 is 1.95 bits per heavy atom. The van der Waals surface area contributed by atoms with Crippen molar-refractivity contribution in [1.82, 2.24) is 4.98 Å². The molecule has 19 heavy (non-hydrogen) atoms. The molecule has 0 radical (unpaired) electrons. The first-order valence-electron chi connectivity index (χ1n) is 6.20. The third-order valence-electron chi connectivity index (χ3n) is 3.30. The second-order valence-corrected chi connectivity index (χ2v) is 6.31. The maximum atomic E-state index is 12.2. The summed E-state index contributed by atoms with van der Waals surface area (Å²) in [4.78, 5) is 4.01. The maximum absolute atomic E-state index is 12.2. The summed E-state index contributed by atoms with van der Waals surface area (Å²) < 4.78 is 26.9. The molecule has 98 valence electrons. The SMILES string of the molecule is O=S(=O)(Nc1ccc2c(c1)CCC2)c1cccnc1. The molecule has 0 bridgehead atoms. The molecule has 0 atom stereocenters. The van der Waals surface area contributed by atoms with Gasteiger partial charge in [-0.3, -0.25) is 9.71 Å². The Bertz CT molecular complexity index is 697. The van der Waals surface area contributed by atoms with Gasteiger partial charge in [-0.1, -0.05) is 6.07 Å². The minimum atomic E-state index is -3.54. The molecule has 0 saturated carbocycles. The first kappa shape index (κ1) is 12.2. The highest BCUT2D eigenvalue weighted by Gasteiger charge is 2.16. The fourth-order valence-corrected chi connectivity index (χ4v) is 3.37. The molecule has 1 aliphatic rings. The Morgan fingerprint density at radius 3 is 2.74 bits per heavy atom. The van der Waals surface area contributed by atoms with Gasteiger partial charge in [0.05, 0.1) is 0 Å². The summed E-state index contributed by atoms with van der Waals surface area (Å²) in [6.07, 6.45) is 6.15. The lowest BCUT2D eigenvalue weighted by atomic mass is 10.1. The topological polar surface area (TPSA) is 59.1 Å². The van der Waals surface area contributed by atoms with Gasteiger partial charge < -0.3 is 0 Å². The van der Waals surface area contributed by atoms with Crippen molar-refractivity contribution in [2.24, 2.45) is 0 Å². The van der Waals surface area contributed by atoms with Crippen LogP contribution in [0.1, 0.15) is 17.5 Å². The number of anilines is 1. The second-order valence-electron chi connectivity index (χ2n) is 4.63. The molecule has 0 amide bonds. The van der Waals surface area contributed by atoms with Gasteiger partial charge in [0, 0.05) is 18.1 Å². The number of hydrogen-bond donors (Lipinski definition) is 1. The normalized spacial score (nSPS) is 14.1. The molecule has 0 spiro atoms. The molecule has 1 aromatic carbocycles. The number of fused-ring (bicyclic) bond motifs is 1. The van der Waals surface area contributed by atoms with Crippen molar-refractivity contribution in [1.29, 1.82) is 0 Å². The van der Waals surface area contributed by atoms with Crippen molar-refractivity contribution in [3.63, 3.8) is 0 Å². The summed E-state index contributed by atoms with van der Waals surface area (Å²) >= 11 is 0. The average molecular weight is 274 g/mol. The van der Waals surface area contributed by atoms with Crippen LogP contribution in [0.15, 0.2) is 47.6 Å². The number of benzene rings is 1. The van der Waals surface area contributed by atoms with Crippen LogP contribution in [0, 0.1) is 0 Å². The molecule has 1 N–H and O–H groups in total. The molecule has 0 fully saturated rings. The fourth-order valence-electron chi connectivity index (χ4n) is 2.36. The van der Waals surface area contributed by atoms with Gasteiger partial charge in [-0.2, -0.15) is 0 Å². The van der Waals surface area contributed by atoms with E-state index in [0.29, 0.717) is 5.69 Å². The lowest BCUT2D eigenvalue weighted by Crippen LogP contribution is -2.13. The molecule has 3 rings (SSSR count). The third-order valence-corrected chi connectivity index (χ3v) is 4.66. The molecule has 1 heterocycles. The first-order valence-corrected chi connectivity index (χ1v) is 7.68.